The van der Waals surface area contributed by atoms with Crippen molar-refractivity contribution in [2.24, 2.45) is 10.7 Å². The Bertz CT molecular complexity index is 1830. The molecule has 6 rings (SSSR count). The number of ether oxygens (including phenoxy) is 1. The molecule has 14 heteroatoms. The molecule has 0 bridgehead atoms. The number of aliphatic imine (C=N–C) groups is 1. The first-order valence-corrected chi connectivity index (χ1v) is 18.1. The van der Waals surface area contributed by atoms with Crippen LogP contribution in [0.2, 0.25) is 0 Å². The predicted octanol–water partition coefficient (Wildman–Crippen LogP) is 3.41. The van der Waals surface area contributed by atoms with E-state index in [1.54, 1.807) is 13.2 Å². The largest absolute Gasteiger partial charge is 0.489 e. The minimum atomic E-state index is -0.452. The fourth-order valence-electron chi connectivity index (χ4n) is 7.13. The topological polar surface area (TPSA) is 176 Å². The third-order valence-electron chi connectivity index (χ3n) is 10.0. The monoisotopic (exact) mass is 711 g/mol. The molecular formula is C38H49N9O5. The van der Waals surface area contributed by atoms with E-state index in [2.05, 4.69) is 38.0 Å². The normalized spacial score (nSPS) is 19.7. The van der Waals surface area contributed by atoms with Gasteiger partial charge in [-0.3, -0.25) is 34.4 Å². The summed E-state index contributed by atoms with van der Waals surface area (Å²) in [6.45, 7) is 7.37. The lowest BCUT2D eigenvalue weighted by Gasteiger charge is -2.35. The van der Waals surface area contributed by atoms with E-state index in [1.165, 1.54) is 17.9 Å². The third kappa shape index (κ3) is 8.97. The summed E-state index contributed by atoms with van der Waals surface area (Å²) in [6, 6.07) is 9.60. The van der Waals surface area contributed by atoms with Crippen molar-refractivity contribution in [2.75, 3.05) is 50.4 Å². The van der Waals surface area contributed by atoms with E-state index in [-0.39, 0.29) is 35.4 Å². The molecule has 3 aromatic rings. The Morgan fingerprint density at radius 3 is 2.42 bits per heavy atom. The Morgan fingerprint density at radius 1 is 1.04 bits per heavy atom. The second kappa shape index (κ2) is 16.4. The van der Waals surface area contributed by atoms with Crippen LogP contribution in [0.25, 0.3) is 5.65 Å². The van der Waals surface area contributed by atoms with Gasteiger partial charge in [-0.25, -0.2) is 4.98 Å². The van der Waals surface area contributed by atoms with Crippen LogP contribution in [0.3, 0.4) is 0 Å². The highest BCUT2D eigenvalue weighted by Crippen LogP contribution is 2.33. The van der Waals surface area contributed by atoms with Gasteiger partial charge in [0.2, 0.25) is 17.7 Å². The quantitative estimate of drug-likeness (QED) is 0.132. The number of amides is 4. The van der Waals surface area contributed by atoms with E-state index >= 15 is 0 Å². The van der Waals surface area contributed by atoms with Crippen molar-refractivity contribution in [1.82, 2.24) is 24.5 Å². The van der Waals surface area contributed by atoms with Gasteiger partial charge in [-0.1, -0.05) is 12.1 Å². The standard InChI is InChI=1S/C38H49N9O5/c1-24(2)52-33-20-34-42-31(21-47(34)22-32(33)43-37(50)29(39)10-15-40-3)27-11-16-45(17-12-27)23-36(49)46-18-13-26(14-19-46)25-4-6-28(7-5-25)41-30-8-9-35(48)44-38(30)51/h4-7,10,15,20-22,24,26-27,30,41H,8-9,11-14,16-19,23,39H2,1-3H3,(H,43,50)(H,44,48,51). The summed E-state index contributed by atoms with van der Waals surface area (Å²) in [5, 5.41) is 8.47. The molecule has 5 heterocycles. The van der Waals surface area contributed by atoms with Crippen molar-refractivity contribution < 1.29 is 23.9 Å². The maximum Gasteiger partial charge on any atom is 0.271 e. The van der Waals surface area contributed by atoms with Crippen LogP contribution >= 0.6 is 0 Å². The Hall–Kier alpha value is -5.24. The number of likely N-dealkylation sites (tertiary alicyclic amines) is 2. The van der Waals surface area contributed by atoms with Crippen LogP contribution in [0.1, 0.15) is 75.5 Å². The summed E-state index contributed by atoms with van der Waals surface area (Å²) in [5.74, 6) is 0.375. The van der Waals surface area contributed by atoms with Gasteiger partial charge in [0.25, 0.3) is 5.91 Å². The summed E-state index contributed by atoms with van der Waals surface area (Å²) >= 11 is 0. The molecule has 4 amide bonds. The molecule has 276 valence electrons. The fourth-order valence-corrected chi connectivity index (χ4v) is 7.13. The average Bonchev–Trinajstić information content (AvgIpc) is 3.55. The molecule has 0 spiro atoms. The summed E-state index contributed by atoms with van der Waals surface area (Å²) < 4.78 is 7.91. The molecule has 1 aromatic carbocycles. The number of imidazole rings is 1. The molecule has 0 aliphatic carbocycles. The number of hydrogen-bond donors (Lipinski definition) is 4. The number of nitrogens with zero attached hydrogens (tertiary/aromatic N) is 5. The molecule has 2 aromatic heterocycles. The number of pyridine rings is 1. The van der Waals surface area contributed by atoms with Gasteiger partial charge in [0, 0.05) is 62.8 Å². The number of nitrogens with two attached hydrogens (primary N) is 1. The second-order valence-electron chi connectivity index (χ2n) is 14.1. The Morgan fingerprint density at radius 2 is 1.75 bits per heavy atom. The summed E-state index contributed by atoms with van der Waals surface area (Å²) in [5.41, 5.74) is 10.2. The van der Waals surface area contributed by atoms with Crippen molar-refractivity contribution in [3.8, 4) is 5.75 Å². The zero-order valence-electron chi connectivity index (χ0n) is 30.1. The van der Waals surface area contributed by atoms with Crippen molar-refractivity contribution in [3.05, 3.63) is 65.8 Å². The molecule has 3 fully saturated rings. The molecule has 3 saturated heterocycles. The average molecular weight is 712 g/mol. The molecule has 52 heavy (non-hydrogen) atoms. The molecule has 1 atom stereocenters. The first-order chi connectivity index (χ1) is 25.1. The lowest BCUT2D eigenvalue weighted by atomic mass is 9.89. The van der Waals surface area contributed by atoms with E-state index < -0.39 is 11.9 Å². The summed E-state index contributed by atoms with van der Waals surface area (Å²) in [4.78, 5) is 62.5. The van der Waals surface area contributed by atoms with E-state index in [1.807, 2.05) is 47.5 Å². The van der Waals surface area contributed by atoms with E-state index in [0.717, 1.165) is 68.9 Å². The number of allylic oxidation sites excluding steroid dienone is 1. The van der Waals surface area contributed by atoms with Crippen LogP contribution in [-0.4, -0.2) is 101 Å². The van der Waals surface area contributed by atoms with Gasteiger partial charge < -0.3 is 30.4 Å². The molecule has 14 nitrogen and oxygen atoms in total. The van der Waals surface area contributed by atoms with Gasteiger partial charge in [-0.05, 0) is 88.7 Å². The first kappa shape index (κ1) is 36.5. The van der Waals surface area contributed by atoms with Gasteiger partial charge in [0.15, 0.2) is 0 Å². The van der Waals surface area contributed by atoms with Gasteiger partial charge in [0.05, 0.1) is 24.0 Å². The SMILES string of the molecule is CN=CC=C(N)C(=O)Nc1cn2cc(C3CCN(CC(=O)N4CCC(c5ccc(NC6CCC(=O)NC6=O)cc5)CC4)CC3)nc2cc1OC(C)C. The van der Waals surface area contributed by atoms with Gasteiger partial charge in [0.1, 0.15) is 23.1 Å². The molecule has 0 radical (unpaired) electrons. The number of benzene rings is 1. The number of carbonyl (C=O) groups is 4. The van der Waals surface area contributed by atoms with Gasteiger partial charge >= 0.3 is 0 Å². The number of anilines is 2. The van der Waals surface area contributed by atoms with Crippen molar-refractivity contribution in [1.29, 1.82) is 0 Å². The van der Waals surface area contributed by atoms with Crippen LogP contribution in [0.4, 0.5) is 11.4 Å². The van der Waals surface area contributed by atoms with Crippen molar-refractivity contribution >= 4 is 46.9 Å². The maximum atomic E-state index is 13.3. The number of hydrogen-bond acceptors (Lipinski definition) is 10. The fraction of sp³-hybridized carbons (Fsp3) is 0.474. The summed E-state index contributed by atoms with van der Waals surface area (Å²) in [7, 11) is 1.60. The Balaban J connectivity index is 0.983. The minimum Gasteiger partial charge on any atom is -0.489 e. The second-order valence-corrected chi connectivity index (χ2v) is 14.1. The highest BCUT2D eigenvalue weighted by Gasteiger charge is 2.29. The number of rotatable bonds is 11. The number of nitrogens with one attached hydrogen (secondary N) is 3. The van der Waals surface area contributed by atoms with Crippen molar-refractivity contribution in [3.63, 3.8) is 0 Å². The van der Waals surface area contributed by atoms with E-state index in [9.17, 15) is 19.2 Å². The molecule has 1 unspecified atom stereocenters. The number of carbonyl (C=O) groups excluding carboxylic acids is 4. The minimum absolute atomic E-state index is 0.0347. The van der Waals surface area contributed by atoms with E-state index in [4.69, 9.17) is 15.5 Å². The van der Waals surface area contributed by atoms with Crippen molar-refractivity contribution in [2.45, 2.75) is 76.4 Å². The molecule has 3 aliphatic rings. The van der Waals surface area contributed by atoms with E-state index in [0.29, 0.717) is 36.7 Å². The highest BCUT2D eigenvalue weighted by atomic mass is 16.5. The van der Waals surface area contributed by atoms with Crippen LogP contribution in [0, 0.1) is 0 Å². The zero-order valence-corrected chi connectivity index (χ0v) is 30.1. The molecular weight excluding hydrogens is 662 g/mol. The van der Waals surface area contributed by atoms with Crippen LogP contribution in [-0.2, 0) is 19.2 Å². The third-order valence-corrected chi connectivity index (χ3v) is 10.0. The molecule has 3 aliphatic heterocycles. The zero-order chi connectivity index (χ0) is 36.8. The number of aromatic nitrogens is 2. The highest BCUT2D eigenvalue weighted by molar-refractivity contribution is 6.06. The lowest BCUT2D eigenvalue weighted by molar-refractivity contribution is -0.134. The predicted molar refractivity (Wildman–Crippen MR) is 199 cm³/mol. The summed E-state index contributed by atoms with van der Waals surface area (Å²) in [6.07, 6.45) is 11.1. The Kier molecular flexibility index (Phi) is 11.5. The molecule has 0 saturated carbocycles. The van der Waals surface area contributed by atoms with Crippen LogP contribution in [0.5, 0.6) is 5.75 Å². The number of imide groups is 1. The smallest absolute Gasteiger partial charge is 0.271 e. The maximum absolute atomic E-state index is 13.3. The molecule has 5 N–H and O–H groups in total. The van der Waals surface area contributed by atoms with Gasteiger partial charge in [-0.2, -0.15) is 0 Å². The first-order valence-electron chi connectivity index (χ1n) is 18.1. The van der Waals surface area contributed by atoms with Gasteiger partial charge in [-0.15, -0.1) is 0 Å². The number of fused-ring (bicyclic) bond motifs is 1. The lowest BCUT2D eigenvalue weighted by Crippen LogP contribution is -2.47. The number of piperidine rings is 3. The van der Waals surface area contributed by atoms with Crippen LogP contribution in [0.15, 0.2) is 59.5 Å². The Labute approximate surface area is 303 Å². The van der Waals surface area contributed by atoms with Crippen LogP contribution < -0.4 is 26.4 Å².